The van der Waals surface area contributed by atoms with Crippen LogP contribution < -0.4 is 15.4 Å². The quantitative estimate of drug-likeness (QED) is 0.0943. The largest absolute Gasteiger partial charge is 0.508 e. The lowest BCUT2D eigenvalue weighted by atomic mass is 9.92. The fraction of sp³-hybridized carbons (Fsp3) is 0.171. The summed E-state index contributed by atoms with van der Waals surface area (Å²) in [5, 5.41) is 15.9. The Bertz CT molecular complexity index is 2890. The number of aromatic hydroxyl groups is 1. The lowest BCUT2D eigenvalue weighted by Crippen LogP contribution is -2.29. The molecule has 0 radical (unpaired) electrons. The number of para-hydroxylation sites is 2. The van der Waals surface area contributed by atoms with Gasteiger partial charge in [-0.2, -0.15) is 16.8 Å². The average Bonchev–Trinajstić information content (AvgIpc) is 3.98. The maximum Gasteiger partial charge on any atom is 0.286 e. The fourth-order valence-electron chi connectivity index (χ4n) is 6.67. The minimum absolute atomic E-state index is 0.0254. The van der Waals surface area contributed by atoms with Crippen LogP contribution in [0.1, 0.15) is 60.4 Å². The van der Waals surface area contributed by atoms with Gasteiger partial charge in [0, 0.05) is 31.1 Å². The van der Waals surface area contributed by atoms with Crippen LogP contribution in [0.5, 0.6) is 11.5 Å². The summed E-state index contributed by atoms with van der Waals surface area (Å²) in [5.41, 5.74) is 2.05. The van der Waals surface area contributed by atoms with E-state index in [0.717, 1.165) is 12.7 Å². The minimum Gasteiger partial charge on any atom is -0.508 e. The predicted molar refractivity (Wildman–Crippen MR) is 241 cm³/mol. The Hall–Kier alpha value is -5.46. The molecule has 16 nitrogen and oxygen atoms in total. The number of phenols is 1. The molecule has 8 rings (SSSR count). The third-order valence-electron chi connectivity index (χ3n) is 9.55. The molecule has 20 heteroatoms. The van der Waals surface area contributed by atoms with Gasteiger partial charge in [-0.15, -0.1) is 8.80 Å². The van der Waals surface area contributed by atoms with Crippen LogP contribution >= 0.6 is 45.2 Å². The van der Waals surface area contributed by atoms with E-state index >= 15 is 0 Å². The van der Waals surface area contributed by atoms with E-state index in [1.54, 1.807) is 55.6 Å². The van der Waals surface area contributed by atoms with E-state index in [1.807, 2.05) is 69.4 Å². The van der Waals surface area contributed by atoms with Crippen molar-refractivity contribution in [2.45, 2.75) is 47.3 Å². The van der Waals surface area contributed by atoms with Crippen LogP contribution in [0.2, 0.25) is 0 Å². The Labute approximate surface area is 377 Å². The zero-order chi connectivity index (χ0) is 43.3. The van der Waals surface area contributed by atoms with Crippen LogP contribution in [0.4, 0.5) is 11.4 Å². The summed E-state index contributed by atoms with van der Waals surface area (Å²) in [6, 6.07) is 23.9. The first kappa shape index (κ1) is 43.6. The molecule has 2 unspecified atom stereocenters. The van der Waals surface area contributed by atoms with Crippen molar-refractivity contribution in [3.05, 3.63) is 140 Å². The smallest absolute Gasteiger partial charge is 0.286 e. The van der Waals surface area contributed by atoms with Crippen molar-refractivity contribution in [3.8, 4) is 11.5 Å². The standard InChI is InChI=1S/C21H18IN3O5S.C20H16IN3O5S/c1-29-18-5-3-2-4-14(18)15(21-23-10-11-30-21)7-9-17(26)20-24-16-8-6-13(22)12-19(16)31(27,28)25-20;21-12-5-7-15-18(11-12)30(27,28)24-19(23-15)17(26)8-6-14(20-22-9-10-29-20)13-3-1-2-4-16(13)25/h2-6,8,10-12,15H,7,9H2,1H3,(H,24,25);1-5,7,9-11,14,25H,6,8H2,(H,23,24). The van der Waals surface area contributed by atoms with Gasteiger partial charge in [0.1, 0.15) is 33.8 Å². The Morgan fingerprint density at radius 3 is 1.61 bits per heavy atom. The number of rotatable bonds is 13. The van der Waals surface area contributed by atoms with Gasteiger partial charge >= 0.3 is 0 Å². The highest BCUT2D eigenvalue weighted by Crippen LogP contribution is 2.37. The SMILES string of the molecule is COc1ccccc1C(CCC(=O)C1=NS(=O)(=O)c2cc(I)ccc2N1)c1ncco1.O=C(CCC(c1ncco1)c1ccccc1O)C1=NS(=O)(=O)c2cc(I)ccc2N1. The van der Waals surface area contributed by atoms with Crippen LogP contribution in [0.3, 0.4) is 0 Å². The number of nitrogens with zero attached hydrogens (tertiary/aromatic N) is 4. The molecule has 2 atom stereocenters. The van der Waals surface area contributed by atoms with Gasteiger partial charge in [-0.3, -0.25) is 9.59 Å². The van der Waals surface area contributed by atoms with Crippen LogP contribution in [-0.4, -0.2) is 62.3 Å². The second kappa shape index (κ2) is 18.7. The molecule has 2 aliphatic heterocycles. The number of ketones is 2. The molecule has 0 spiro atoms. The fourth-order valence-corrected chi connectivity index (χ4v) is 10.4. The topological polar surface area (TPSA) is 233 Å². The van der Waals surface area contributed by atoms with E-state index in [1.165, 1.54) is 37.1 Å². The number of aromatic nitrogens is 2. The number of carbonyl (C=O) groups excluding carboxylic acids is 2. The molecule has 0 fully saturated rings. The number of oxazole rings is 2. The van der Waals surface area contributed by atoms with E-state index in [2.05, 4.69) is 29.4 Å². The molecule has 4 heterocycles. The Kier molecular flexibility index (Phi) is 13.3. The second-order valence-corrected chi connectivity index (χ2v) is 19.1. The number of Topliss-reactive ketones (excluding diaryl/α,β-unsaturated/α-hetero) is 2. The van der Waals surface area contributed by atoms with Gasteiger partial charge in [0.2, 0.25) is 11.8 Å². The van der Waals surface area contributed by atoms with Crippen LogP contribution in [-0.2, 0) is 29.6 Å². The highest BCUT2D eigenvalue weighted by Gasteiger charge is 2.32. The van der Waals surface area contributed by atoms with Gasteiger partial charge in [-0.25, -0.2) is 9.97 Å². The lowest BCUT2D eigenvalue weighted by molar-refractivity contribution is -0.113. The van der Waals surface area contributed by atoms with Crippen LogP contribution in [0.25, 0.3) is 0 Å². The average molecular weight is 1090 g/mol. The second-order valence-electron chi connectivity index (χ2n) is 13.4. The van der Waals surface area contributed by atoms with Gasteiger partial charge in [0.05, 0.1) is 42.7 Å². The number of hydrogen-bond donors (Lipinski definition) is 3. The molecule has 0 bridgehead atoms. The number of hydrogen-bond acceptors (Lipinski definition) is 14. The monoisotopic (exact) mass is 1090 g/mol. The number of nitrogens with one attached hydrogen (secondary N) is 2. The van der Waals surface area contributed by atoms with E-state index in [4.69, 9.17) is 13.6 Å². The molecule has 2 aromatic heterocycles. The Morgan fingerprint density at radius 1 is 0.689 bits per heavy atom. The van der Waals surface area contributed by atoms with E-state index < -0.39 is 37.5 Å². The maximum absolute atomic E-state index is 12.9. The summed E-state index contributed by atoms with van der Waals surface area (Å²) in [6.45, 7) is 0. The van der Waals surface area contributed by atoms with E-state index in [-0.39, 0.29) is 52.4 Å². The number of phenolic OH excluding ortho intramolecular Hbond substituents is 1. The minimum atomic E-state index is -3.97. The van der Waals surface area contributed by atoms with Crippen LogP contribution in [0.15, 0.2) is 137 Å². The van der Waals surface area contributed by atoms with Gasteiger partial charge in [-0.05, 0) is 107 Å². The third kappa shape index (κ3) is 10.0. The summed E-state index contributed by atoms with van der Waals surface area (Å²) in [7, 11) is -6.35. The third-order valence-corrected chi connectivity index (χ3v) is 13.5. The molecular weight excluding hydrogens is 1050 g/mol. The molecule has 6 aromatic rings. The van der Waals surface area contributed by atoms with Crippen LogP contribution in [0, 0.1) is 7.14 Å². The predicted octanol–water partition coefficient (Wildman–Crippen LogP) is 7.66. The van der Waals surface area contributed by atoms with Crippen molar-refractivity contribution in [2.24, 2.45) is 8.80 Å². The molecule has 0 saturated carbocycles. The molecule has 0 saturated heterocycles. The highest BCUT2D eigenvalue weighted by molar-refractivity contribution is 14.1. The number of methoxy groups -OCH3 is 1. The summed E-state index contributed by atoms with van der Waals surface area (Å²) in [6.07, 6.45) is 6.50. The first-order valence-electron chi connectivity index (χ1n) is 18.3. The Balaban J connectivity index is 0.000000184. The van der Waals surface area contributed by atoms with E-state index in [0.29, 0.717) is 40.9 Å². The summed E-state index contributed by atoms with van der Waals surface area (Å²) >= 11 is 4.04. The zero-order valence-electron chi connectivity index (χ0n) is 31.9. The van der Waals surface area contributed by atoms with E-state index in [9.17, 15) is 31.5 Å². The molecular formula is C41H34I2N6O10S2. The number of fused-ring (bicyclic) bond motifs is 2. The van der Waals surface area contributed by atoms with Crippen molar-refractivity contribution >= 4 is 99.8 Å². The first-order valence-corrected chi connectivity index (χ1v) is 23.4. The number of anilines is 2. The lowest BCUT2D eigenvalue weighted by Gasteiger charge is -2.19. The first-order chi connectivity index (χ1) is 29.2. The van der Waals surface area contributed by atoms with Crippen molar-refractivity contribution in [3.63, 3.8) is 0 Å². The highest BCUT2D eigenvalue weighted by atomic mass is 127. The van der Waals surface area contributed by atoms with Crippen molar-refractivity contribution in [1.82, 2.24) is 9.97 Å². The van der Waals surface area contributed by atoms with Crippen molar-refractivity contribution in [2.75, 3.05) is 17.7 Å². The van der Waals surface area contributed by atoms with Crippen molar-refractivity contribution < 1.29 is 45.1 Å². The normalized spacial score (nSPS) is 15.5. The number of ether oxygens (including phenoxy) is 1. The van der Waals surface area contributed by atoms with Gasteiger partial charge < -0.3 is 29.3 Å². The summed E-state index contributed by atoms with van der Waals surface area (Å²) < 4.78 is 75.3. The molecule has 4 aromatic carbocycles. The molecule has 2 aliphatic rings. The number of sulfonamides is 2. The maximum atomic E-state index is 12.9. The molecule has 314 valence electrons. The number of halogens is 2. The molecule has 0 amide bonds. The number of benzene rings is 4. The molecule has 61 heavy (non-hydrogen) atoms. The Morgan fingerprint density at radius 2 is 1.15 bits per heavy atom. The van der Waals surface area contributed by atoms with Gasteiger partial charge in [0.15, 0.2) is 23.2 Å². The zero-order valence-corrected chi connectivity index (χ0v) is 37.8. The molecule has 0 aliphatic carbocycles. The van der Waals surface area contributed by atoms with Gasteiger partial charge in [0.25, 0.3) is 20.0 Å². The van der Waals surface area contributed by atoms with Crippen molar-refractivity contribution in [1.29, 1.82) is 0 Å². The number of carbonyl (C=O) groups is 2. The number of amidine groups is 2. The molecule has 3 N–H and O–H groups in total. The summed E-state index contributed by atoms with van der Waals surface area (Å²) in [4.78, 5) is 34.2. The van der Waals surface area contributed by atoms with Gasteiger partial charge in [-0.1, -0.05) is 36.4 Å². The summed E-state index contributed by atoms with van der Waals surface area (Å²) in [5.74, 6) is -0.603.